The fourth-order valence-corrected chi connectivity index (χ4v) is 2.90. The van der Waals surface area contributed by atoms with Crippen LogP contribution in [0.4, 0.5) is 4.39 Å². The van der Waals surface area contributed by atoms with E-state index >= 15 is 0 Å². The summed E-state index contributed by atoms with van der Waals surface area (Å²) < 4.78 is 15.9. The maximum Gasteiger partial charge on any atom is 0.141 e. The minimum atomic E-state index is -1.21. The molecule has 0 aliphatic carbocycles. The summed E-state index contributed by atoms with van der Waals surface area (Å²) in [4.78, 5) is 3.79. The molecule has 2 heterocycles. The van der Waals surface area contributed by atoms with Gasteiger partial charge in [-0.2, -0.15) is 5.10 Å². The number of halogens is 2. The Labute approximate surface area is 125 Å². The molecule has 4 nitrogen and oxygen atoms in total. The molecule has 0 aliphatic heterocycles. The van der Waals surface area contributed by atoms with Gasteiger partial charge in [0.15, 0.2) is 0 Å². The van der Waals surface area contributed by atoms with E-state index in [1.165, 1.54) is 12.3 Å². The van der Waals surface area contributed by atoms with Gasteiger partial charge in [0.1, 0.15) is 5.82 Å². The quantitative estimate of drug-likeness (QED) is 0.930. The highest BCUT2D eigenvalue weighted by Gasteiger charge is 2.28. The number of hydrogen-bond acceptors (Lipinski definition) is 3. The van der Waals surface area contributed by atoms with Crippen LogP contribution >= 0.6 is 15.9 Å². The highest BCUT2D eigenvalue weighted by atomic mass is 79.9. The molecule has 2 rings (SSSR count). The van der Waals surface area contributed by atoms with E-state index in [9.17, 15) is 9.50 Å². The normalized spacial score (nSPS) is 14.3. The van der Waals surface area contributed by atoms with Crippen LogP contribution in [0.15, 0.2) is 22.9 Å². The highest BCUT2D eigenvalue weighted by Crippen LogP contribution is 2.30. The number of rotatable bonds is 4. The van der Waals surface area contributed by atoms with Gasteiger partial charge in [0.25, 0.3) is 0 Å². The average Bonchev–Trinajstić information content (AvgIpc) is 2.66. The van der Waals surface area contributed by atoms with E-state index in [0.29, 0.717) is 12.0 Å². The van der Waals surface area contributed by atoms with Crippen molar-refractivity contribution in [2.24, 2.45) is 7.05 Å². The van der Waals surface area contributed by atoms with E-state index < -0.39 is 11.4 Å². The first-order valence-corrected chi connectivity index (χ1v) is 7.18. The number of aryl methyl sites for hydroxylation is 2. The second-order valence-corrected chi connectivity index (χ2v) is 5.82. The van der Waals surface area contributed by atoms with Gasteiger partial charge in [-0.3, -0.25) is 9.67 Å². The van der Waals surface area contributed by atoms with Crippen LogP contribution in [0.2, 0.25) is 0 Å². The Morgan fingerprint density at radius 3 is 2.70 bits per heavy atom. The van der Waals surface area contributed by atoms with E-state index in [1.807, 2.05) is 14.0 Å². The third-order valence-corrected chi connectivity index (χ3v) is 4.26. The molecule has 0 amide bonds. The van der Waals surface area contributed by atoms with Crippen molar-refractivity contribution in [3.05, 3.63) is 45.7 Å². The first-order valence-electron chi connectivity index (χ1n) is 6.38. The summed E-state index contributed by atoms with van der Waals surface area (Å²) in [5.74, 6) is -0.457. The summed E-state index contributed by atoms with van der Waals surface area (Å²) in [5, 5.41) is 15.0. The molecule has 0 saturated heterocycles. The fraction of sp³-hybridized carbons (Fsp3) is 0.429. The van der Waals surface area contributed by atoms with E-state index in [4.69, 9.17) is 0 Å². The van der Waals surface area contributed by atoms with Gasteiger partial charge in [-0.05, 0) is 35.3 Å². The van der Waals surface area contributed by atoms with Crippen LogP contribution in [0, 0.1) is 5.82 Å². The Hall–Kier alpha value is -1.27. The molecule has 1 atom stereocenters. The molecule has 0 fully saturated rings. The molecule has 108 valence electrons. The Balaban J connectivity index is 2.35. The van der Waals surface area contributed by atoms with Gasteiger partial charge in [0, 0.05) is 25.2 Å². The molecule has 1 unspecified atom stereocenters. The van der Waals surface area contributed by atoms with E-state index in [2.05, 4.69) is 26.0 Å². The standard InChI is InChI=1S/C14H17BrFN3O/c1-4-11-13(15)12(19(3)18-11)6-14(2,20)9-5-10(16)8-17-7-9/h5,7-8,20H,4,6H2,1-3H3. The maximum absolute atomic E-state index is 13.3. The van der Waals surface area contributed by atoms with Crippen LogP contribution in [0.5, 0.6) is 0 Å². The van der Waals surface area contributed by atoms with Crippen molar-refractivity contribution in [1.82, 2.24) is 14.8 Å². The van der Waals surface area contributed by atoms with Crippen LogP contribution in [0.1, 0.15) is 30.8 Å². The summed E-state index contributed by atoms with van der Waals surface area (Å²) in [7, 11) is 1.83. The summed E-state index contributed by atoms with van der Waals surface area (Å²) in [6, 6.07) is 1.30. The van der Waals surface area contributed by atoms with Gasteiger partial charge in [0.05, 0.1) is 27.7 Å². The first-order chi connectivity index (χ1) is 9.35. The number of nitrogens with zero attached hydrogens (tertiary/aromatic N) is 3. The lowest BCUT2D eigenvalue weighted by molar-refractivity contribution is 0.0547. The van der Waals surface area contributed by atoms with Crippen LogP contribution in [0.3, 0.4) is 0 Å². The summed E-state index contributed by atoms with van der Waals surface area (Å²) in [6.45, 7) is 3.67. The fourth-order valence-electron chi connectivity index (χ4n) is 2.15. The number of aliphatic hydroxyl groups is 1. The molecule has 1 N–H and O–H groups in total. The third-order valence-electron chi connectivity index (χ3n) is 3.34. The van der Waals surface area contributed by atoms with Gasteiger partial charge in [-0.1, -0.05) is 6.92 Å². The topological polar surface area (TPSA) is 50.9 Å². The number of hydrogen-bond donors (Lipinski definition) is 1. The molecule has 0 spiro atoms. The minimum absolute atomic E-state index is 0.322. The van der Waals surface area contributed by atoms with Crippen molar-refractivity contribution in [3.63, 3.8) is 0 Å². The molecule has 0 aromatic carbocycles. The molecule has 20 heavy (non-hydrogen) atoms. The zero-order chi connectivity index (χ0) is 14.9. The van der Waals surface area contributed by atoms with E-state index in [1.54, 1.807) is 11.6 Å². The first kappa shape index (κ1) is 15.1. The molecule has 2 aromatic heterocycles. The van der Waals surface area contributed by atoms with E-state index in [-0.39, 0.29) is 0 Å². The molecule has 6 heteroatoms. The van der Waals surface area contributed by atoms with Crippen LogP contribution < -0.4 is 0 Å². The van der Waals surface area contributed by atoms with Gasteiger partial charge >= 0.3 is 0 Å². The van der Waals surface area contributed by atoms with Gasteiger partial charge in [-0.25, -0.2) is 4.39 Å². The van der Waals surface area contributed by atoms with Crippen molar-refractivity contribution in [1.29, 1.82) is 0 Å². The predicted molar refractivity (Wildman–Crippen MR) is 77.8 cm³/mol. The monoisotopic (exact) mass is 341 g/mol. The lowest BCUT2D eigenvalue weighted by Crippen LogP contribution is -2.26. The molecule has 0 radical (unpaired) electrons. The molecule has 2 aromatic rings. The van der Waals surface area contributed by atoms with Crippen molar-refractivity contribution in [3.8, 4) is 0 Å². The van der Waals surface area contributed by atoms with Crippen molar-refractivity contribution in [2.45, 2.75) is 32.3 Å². The minimum Gasteiger partial charge on any atom is -0.385 e. The second-order valence-electron chi connectivity index (χ2n) is 5.03. The van der Waals surface area contributed by atoms with Crippen molar-refractivity contribution < 1.29 is 9.50 Å². The number of pyridine rings is 1. The molecule has 0 aliphatic rings. The summed E-state index contributed by atoms with van der Waals surface area (Å²) >= 11 is 3.52. The zero-order valence-electron chi connectivity index (χ0n) is 11.7. The van der Waals surface area contributed by atoms with E-state index in [0.717, 1.165) is 28.5 Å². The Bertz CT molecular complexity index is 625. The Morgan fingerprint density at radius 1 is 1.45 bits per heavy atom. The Kier molecular flexibility index (Phi) is 4.25. The summed E-state index contributed by atoms with van der Waals surface area (Å²) in [6.07, 6.45) is 3.73. The summed E-state index contributed by atoms with van der Waals surface area (Å²) in [5.41, 5.74) is 1.05. The lowest BCUT2D eigenvalue weighted by atomic mass is 9.92. The smallest absolute Gasteiger partial charge is 0.141 e. The molecular weight excluding hydrogens is 325 g/mol. The van der Waals surface area contributed by atoms with Crippen LogP contribution in [-0.2, 0) is 25.5 Å². The second kappa shape index (κ2) is 5.61. The molecular formula is C14H17BrFN3O. The molecule has 0 saturated carbocycles. The van der Waals surface area contributed by atoms with Crippen molar-refractivity contribution in [2.75, 3.05) is 0 Å². The lowest BCUT2D eigenvalue weighted by Gasteiger charge is -2.23. The number of aromatic nitrogens is 3. The Morgan fingerprint density at radius 2 is 2.15 bits per heavy atom. The SMILES string of the molecule is CCc1nn(C)c(CC(C)(O)c2cncc(F)c2)c1Br. The van der Waals surface area contributed by atoms with Gasteiger partial charge in [-0.15, -0.1) is 0 Å². The predicted octanol–water partition coefficient (Wildman–Crippen LogP) is 2.73. The van der Waals surface area contributed by atoms with Crippen LogP contribution in [0.25, 0.3) is 0 Å². The molecule has 0 bridgehead atoms. The average molecular weight is 342 g/mol. The third kappa shape index (κ3) is 2.91. The van der Waals surface area contributed by atoms with Gasteiger partial charge in [0.2, 0.25) is 0 Å². The maximum atomic E-state index is 13.3. The largest absolute Gasteiger partial charge is 0.385 e. The van der Waals surface area contributed by atoms with Crippen molar-refractivity contribution >= 4 is 15.9 Å². The van der Waals surface area contributed by atoms with Crippen LogP contribution in [-0.4, -0.2) is 19.9 Å². The highest BCUT2D eigenvalue weighted by molar-refractivity contribution is 9.10. The van der Waals surface area contributed by atoms with Gasteiger partial charge < -0.3 is 5.11 Å². The zero-order valence-corrected chi connectivity index (χ0v) is 13.3.